The number of rotatable bonds is 8. The van der Waals surface area contributed by atoms with Crippen LogP contribution in [-0.2, 0) is 29.5 Å². The Balaban J connectivity index is 1.33. The van der Waals surface area contributed by atoms with Gasteiger partial charge in [0, 0.05) is 19.3 Å². The molecular formula is C25H29N5O3S. The number of fused-ring (bicyclic) bond motifs is 1. The summed E-state index contributed by atoms with van der Waals surface area (Å²) >= 11 is 1.36. The van der Waals surface area contributed by atoms with Crippen molar-refractivity contribution in [2.24, 2.45) is 7.05 Å². The summed E-state index contributed by atoms with van der Waals surface area (Å²) < 4.78 is 6.99. The minimum Gasteiger partial charge on any atom is -0.497 e. The lowest BCUT2D eigenvalue weighted by atomic mass is 10.0. The first kappa shape index (κ1) is 23.8. The molecule has 34 heavy (non-hydrogen) atoms. The molecule has 0 radical (unpaired) electrons. The van der Waals surface area contributed by atoms with Crippen molar-refractivity contribution in [2.45, 2.75) is 37.4 Å². The molecule has 4 rings (SSSR count). The summed E-state index contributed by atoms with van der Waals surface area (Å²) in [5.41, 5.74) is 3.12. The predicted molar refractivity (Wildman–Crippen MR) is 132 cm³/mol. The molecule has 0 unspecified atom stereocenters. The first-order valence-electron chi connectivity index (χ1n) is 11.3. The van der Waals surface area contributed by atoms with Crippen molar-refractivity contribution < 1.29 is 14.3 Å². The van der Waals surface area contributed by atoms with Crippen molar-refractivity contribution in [3.63, 3.8) is 0 Å². The van der Waals surface area contributed by atoms with Gasteiger partial charge in [-0.1, -0.05) is 42.1 Å². The monoisotopic (exact) mass is 479 g/mol. The zero-order valence-electron chi connectivity index (χ0n) is 19.7. The Hall–Kier alpha value is -3.33. The molecular weight excluding hydrogens is 450 g/mol. The van der Waals surface area contributed by atoms with Crippen molar-refractivity contribution >= 4 is 29.3 Å². The molecule has 2 aromatic carbocycles. The van der Waals surface area contributed by atoms with Gasteiger partial charge in [-0.05, 0) is 49.1 Å². The third-order valence-corrected chi connectivity index (χ3v) is 6.90. The van der Waals surface area contributed by atoms with E-state index in [0.717, 1.165) is 36.4 Å². The maximum absolute atomic E-state index is 12.9. The molecule has 0 saturated heterocycles. The molecule has 0 bridgehead atoms. The van der Waals surface area contributed by atoms with Gasteiger partial charge in [0.25, 0.3) is 0 Å². The number of ether oxygens (including phenoxy) is 1. The summed E-state index contributed by atoms with van der Waals surface area (Å²) in [5, 5.41) is 12.1. The van der Waals surface area contributed by atoms with Crippen molar-refractivity contribution in [3.05, 3.63) is 65.5 Å². The first-order valence-corrected chi connectivity index (χ1v) is 12.3. The van der Waals surface area contributed by atoms with Crippen LogP contribution in [0, 0.1) is 0 Å². The molecule has 9 heteroatoms. The van der Waals surface area contributed by atoms with Crippen LogP contribution in [0.2, 0.25) is 0 Å². The quantitative estimate of drug-likeness (QED) is 0.499. The van der Waals surface area contributed by atoms with E-state index in [1.165, 1.54) is 17.3 Å². The van der Waals surface area contributed by atoms with Gasteiger partial charge in [0.2, 0.25) is 11.8 Å². The number of hydrogen-bond donors (Lipinski definition) is 1. The van der Waals surface area contributed by atoms with E-state index in [0.29, 0.717) is 11.0 Å². The molecule has 1 aliphatic rings. The Kier molecular flexibility index (Phi) is 7.52. The molecule has 2 amide bonds. The SMILES string of the molecule is COc1ccc(CC(=O)N[C@@H](C)c2nnc(SCC(=O)N3CCCc4ccccc43)n2C)cc1. The molecule has 1 aromatic heterocycles. The Bertz CT molecular complexity index is 1160. The van der Waals surface area contributed by atoms with Gasteiger partial charge in [-0.15, -0.1) is 10.2 Å². The Morgan fingerprint density at radius 2 is 1.91 bits per heavy atom. The highest BCUT2D eigenvalue weighted by Crippen LogP contribution is 2.28. The summed E-state index contributed by atoms with van der Waals surface area (Å²) in [6.07, 6.45) is 2.23. The molecule has 0 spiro atoms. The maximum Gasteiger partial charge on any atom is 0.237 e. The van der Waals surface area contributed by atoms with Crippen molar-refractivity contribution in [3.8, 4) is 5.75 Å². The average Bonchev–Trinajstić information content (AvgIpc) is 3.22. The number of nitrogens with one attached hydrogen (secondary N) is 1. The van der Waals surface area contributed by atoms with Gasteiger partial charge in [0.15, 0.2) is 11.0 Å². The zero-order chi connectivity index (χ0) is 24.1. The summed E-state index contributed by atoms with van der Waals surface area (Å²) in [7, 11) is 3.46. The summed E-state index contributed by atoms with van der Waals surface area (Å²) in [4.78, 5) is 27.3. The second kappa shape index (κ2) is 10.7. The van der Waals surface area contributed by atoms with Crippen molar-refractivity contribution in [1.29, 1.82) is 0 Å². The molecule has 0 saturated carbocycles. The Morgan fingerprint density at radius 3 is 2.68 bits per heavy atom. The molecule has 2 heterocycles. The standard InChI is InChI=1S/C25H29N5O3S/c1-17(26-22(31)15-18-10-12-20(33-3)13-11-18)24-27-28-25(29(24)2)34-16-23(32)30-14-6-8-19-7-4-5-9-21(19)30/h4-5,7,9-13,17H,6,8,14-16H2,1-3H3,(H,26,31)/t17-/m0/s1. The highest BCUT2D eigenvalue weighted by molar-refractivity contribution is 7.99. The summed E-state index contributed by atoms with van der Waals surface area (Å²) in [6.45, 7) is 2.61. The largest absolute Gasteiger partial charge is 0.497 e. The van der Waals surface area contributed by atoms with Crippen LogP contribution in [0.4, 0.5) is 5.69 Å². The predicted octanol–water partition coefficient (Wildman–Crippen LogP) is 3.32. The highest BCUT2D eigenvalue weighted by Gasteiger charge is 2.23. The number of amides is 2. The lowest BCUT2D eigenvalue weighted by Gasteiger charge is -2.29. The van der Waals surface area contributed by atoms with E-state index < -0.39 is 0 Å². The third-order valence-electron chi connectivity index (χ3n) is 5.89. The molecule has 0 aliphatic carbocycles. The number of nitrogens with zero attached hydrogens (tertiary/aromatic N) is 4. The normalized spacial score (nSPS) is 13.8. The van der Waals surface area contributed by atoms with Crippen molar-refractivity contribution in [1.82, 2.24) is 20.1 Å². The number of thioether (sulfide) groups is 1. The lowest BCUT2D eigenvalue weighted by molar-refractivity contribution is -0.121. The van der Waals surface area contributed by atoms with Gasteiger partial charge in [-0.3, -0.25) is 9.59 Å². The van der Waals surface area contributed by atoms with Crippen LogP contribution in [0.15, 0.2) is 53.7 Å². The van der Waals surface area contributed by atoms with Gasteiger partial charge in [-0.25, -0.2) is 0 Å². The second-order valence-corrected chi connectivity index (χ2v) is 9.22. The van der Waals surface area contributed by atoms with E-state index in [1.807, 2.05) is 65.9 Å². The van der Waals surface area contributed by atoms with Gasteiger partial charge in [0.1, 0.15) is 5.75 Å². The molecule has 1 atom stereocenters. The number of aromatic nitrogens is 3. The van der Waals surface area contributed by atoms with E-state index in [9.17, 15) is 9.59 Å². The Morgan fingerprint density at radius 1 is 1.15 bits per heavy atom. The molecule has 8 nitrogen and oxygen atoms in total. The van der Waals surface area contributed by atoms with Gasteiger partial charge >= 0.3 is 0 Å². The fraction of sp³-hybridized carbons (Fsp3) is 0.360. The number of benzene rings is 2. The number of para-hydroxylation sites is 1. The summed E-state index contributed by atoms with van der Waals surface area (Å²) in [6, 6.07) is 15.2. The first-order chi connectivity index (χ1) is 16.5. The van der Waals surface area contributed by atoms with Crippen LogP contribution in [0.25, 0.3) is 0 Å². The average molecular weight is 480 g/mol. The topological polar surface area (TPSA) is 89.3 Å². The van der Waals surface area contributed by atoms with Crippen molar-refractivity contribution in [2.75, 3.05) is 24.3 Å². The number of aryl methyl sites for hydroxylation is 1. The minimum atomic E-state index is -0.317. The van der Waals surface area contributed by atoms with E-state index in [-0.39, 0.29) is 30.0 Å². The third kappa shape index (κ3) is 5.41. The van der Waals surface area contributed by atoms with E-state index in [2.05, 4.69) is 21.6 Å². The number of anilines is 1. The number of carbonyl (C=O) groups is 2. The van der Waals surface area contributed by atoms with Crippen LogP contribution < -0.4 is 15.0 Å². The number of hydrogen-bond acceptors (Lipinski definition) is 6. The fourth-order valence-corrected chi connectivity index (χ4v) is 4.91. The second-order valence-electron chi connectivity index (χ2n) is 8.28. The fourth-order valence-electron chi connectivity index (χ4n) is 4.11. The van der Waals surface area contributed by atoms with Gasteiger partial charge in [-0.2, -0.15) is 0 Å². The number of methoxy groups -OCH3 is 1. The van der Waals surface area contributed by atoms with E-state index in [1.54, 1.807) is 7.11 Å². The zero-order valence-corrected chi connectivity index (χ0v) is 20.5. The van der Waals surface area contributed by atoms with Crippen LogP contribution in [0.1, 0.15) is 36.3 Å². The maximum atomic E-state index is 12.9. The molecule has 3 aromatic rings. The smallest absolute Gasteiger partial charge is 0.237 e. The lowest BCUT2D eigenvalue weighted by Crippen LogP contribution is -2.36. The summed E-state index contributed by atoms with van der Waals surface area (Å²) in [5.74, 6) is 1.63. The minimum absolute atomic E-state index is 0.0579. The molecule has 1 N–H and O–H groups in total. The van der Waals surface area contributed by atoms with Gasteiger partial charge in [0.05, 0.1) is 25.3 Å². The van der Waals surface area contributed by atoms with Gasteiger partial charge < -0.3 is 19.5 Å². The van der Waals surface area contributed by atoms with E-state index in [4.69, 9.17) is 4.74 Å². The van der Waals surface area contributed by atoms with E-state index >= 15 is 0 Å². The molecule has 1 aliphatic heterocycles. The number of carbonyl (C=O) groups excluding carboxylic acids is 2. The highest BCUT2D eigenvalue weighted by atomic mass is 32.2. The van der Waals surface area contributed by atoms with Crippen LogP contribution >= 0.6 is 11.8 Å². The van der Waals surface area contributed by atoms with Crippen LogP contribution in [0.3, 0.4) is 0 Å². The van der Waals surface area contributed by atoms with Crippen LogP contribution in [-0.4, -0.2) is 46.0 Å². The molecule has 0 fully saturated rings. The Labute approximate surface area is 203 Å². The molecule has 178 valence electrons. The van der Waals surface area contributed by atoms with Crippen LogP contribution in [0.5, 0.6) is 5.75 Å².